The highest BCUT2D eigenvalue weighted by molar-refractivity contribution is 6.31. The Morgan fingerprint density at radius 2 is 2.33 bits per heavy atom. The zero-order chi connectivity index (χ0) is 13.1. The van der Waals surface area contributed by atoms with E-state index >= 15 is 0 Å². The molecule has 1 aromatic rings. The van der Waals surface area contributed by atoms with Gasteiger partial charge >= 0.3 is 5.97 Å². The summed E-state index contributed by atoms with van der Waals surface area (Å²) in [6.45, 7) is 0. The van der Waals surface area contributed by atoms with Crippen LogP contribution in [0.3, 0.4) is 0 Å². The number of anilines is 1. The number of carboxylic acid groups (broad SMARTS) is 1. The summed E-state index contributed by atoms with van der Waals surface area (Å²) in [7, 11) is 0. The van der Waals surface area contributed by atoms with Gasteiger partial charge in [0, 0.05) is 11.6 Å². The van der Waals surface area contributed by atoms with Gasteiger partial charge in [-0.1, -0.05) is 11.6 Å². The highest BCUT2D eigenvalue weighted by atomic mass is 35.5. The predicted octanol–water partition coefficient (Wildman–Crippen LogP) is 1.35. The molecule has 0 saturated carbocycles. The molecule has 1 aliphatic rings. The van der Waals surface area contributed by atoms with Crippen molar-refractivity contribution in [3.8, 4) is 0 Å². The number of carbonyl (C=O) groups is 1. The van der Waals surface area contributed by atoms with Crippen molar-refractivity contribution in [2.24, 2.45) is 5.10 Å². The molecule has 0 saturated heterocycles. The average molecular weight is 271 g/mol. The van der Waals surface area contributed by atoms with E-state index in [4.69, 9.17) is 16.7 Å². The van der Waals surface area contributed by atoms with Crippen LogP contribution in [0.1, 0.15) is 5.56 Å². The lowest BCUT2D eigenvalue weighted by molar-refractivity contribution is -0.131. The number of benzene rings is 1. The number of aliphatic carboxylic acids is 1. The van der Waals surface area contributed by atoms with E-state index in [0.29, 0.717) is 5.69 Å². The molecule has 0 spiro atoms. The van der Waals surface area contributed by atoms with Gasteiger partial charge in [0.1, 0.15) is 6.34 Å². The number of nitrogens with zero attached hydrogens (tertiary/aromatic N) is 2. The summed E-state index contributed by atoms with van der Waals surface area (Å²) >= 11 is 5.66. The van der Waals surface area contributed by atoms with Crippen LogP contribution in [0.2, 0.25) is 5.02 Å². The number of hydrogen-bond donors (Lipinski definition) is 3. The van der Waals surface area contributed by atoms with E-state index in [2.05, 4.69) is 16.2 Å². The summed E-state index contributed by atoms with van der Waals surface area (Å²) in [4.78, 5) is 10.5. The predicted molar refractivity (Wildman–Crippen MR) is 65.3 cm³/mol. The van der Waals surface area contributed by atoms with Gasteiger partial charge < -0.3 is 5.11 Å². The van der Waals surface area contributed by atoms with E-state index in [9.17, 15) is 9.18 Å². The van der Waals surface area contributed by atoms with Crippen molar-refractivity contribution in [1.29, 1.82) is 0 Å². The van der Waals surface area contributed by atoms with E-state index in [1.807, 2.05) is 0 Å². The quantitative estimate of drug-likeness (QED) is 0.723. The number of nitrogens with one attached hydrogen (secondary N) is 2. The molecule has 0 aliphatic carbocycles. The molecule has 1 aromatic carbocycles. The van der Waals surface area contributed by atoms with E-state index in [0.717, 1.165) is 12.2 Å². The first kappa shape index (κ1) is 12.3. The fourth-order valence-corrected chi connectivity index (χ4v) is 1.56. The zero-order valence-corrected chi connectivity index (χ0v) is 9.65. The van der Waals surface area contributed by atoms with Gasteiger partial charge in [0.25, 0.3) is 0 Å². The lowest BCUT2D eigenvalue weighted by Gasteiger charge is -2.17. The fraction of sp³-hybridized carbons (Fsp3) is 0. The highest BCUT2D eigenvalue weighted by Crippen LogP contribution is 2.28. The molecule has 1 heterocycles. The van der Waals surface area contributed by atoms with Crippen LogP contribution in [-0.4, -0.2) is 17.4 Å². The van der Waals surface area contributed by atoms with Crippen molar-refractivity contribution in [3.05, 3.63) is 34.6 Å². The van der Waals surface area contributed by atoms with E-state index in [-0.39, 0.29) is 10.6 Å². The summed E-state index contributed by atoms with van der Waals surface area (Å²) in [5, 5.41) is 13.6. The van der Waals surface area contributed by atoms with Crippen LogP contribution in [0.5, 0.6) is 0 Å². The van der Waals surface area contributed by atoms with Crippen LogP contribution >= 0.6 is 11.6 Å². The maximum Gasteiger partial charge on any atom is 0.328 e. The van der Waals surface area contributed by atoms with E-state index in [1.54, 1.807) is 6.07 Å². The first-order valence-corrected chi connectivity index (χ1v) is 5.19. The van der Waals surface area contributed by atoms with Gasteiger partial charge in [-0.2, -0.15) is 5.10 Å². The SMILES string of the molecule is O=C(O)/C=C/c1c(N2C=NNN2)ccc(Cl)c1F. The molecule has 6 nitrogen and oxygen atoms in total. The van der Waals surface area contributed by atoms with Crippen LogP contribution < -0.4 is 16.1 Å². The smallest absolute Gasteiger partial charge is 0.328 e. The van der Waals surface area contributed by atoms with E-state index < -0.39 is 11.8 Å². The molecule has 8 heteroatoms. The van der Waals surface area contributed by atoms with Gasteiger partial charge in [-0.15, -0.1) is 5.53 Å². The maximum absolute atomic E-state index is 13.9. The monoisotopic (exact) mass is 270 g/mol. The van der Waals surface area contributed by atoms with Crippen molar-refractivity contribution in [2.75, 3.05) is 5.01 Å². The lowest BCUT2D eigenvalue weighted by atomic mass is 10.1. The molecule has 3 N–H and O–H groups in total. The minimum atomic E-state index is -1.18. The summed E-state index contributed by atoms with van der Waals surface area (Å²) < 4.78 is 13.9. The minimum Gasteiger partial charge on any atom is -0.478 e. The van der Waals surface area contributed by atoms with Gasteiger partial charge in [0.15, 0.2) is 5.82 Å². The van der Waals surface area contributed by atoms with Crippen LogP contribution in [0, 0.1) is 5.82 Å². The number of halogens is 2. The Morgan fingerprint density at radius 3 is 2.94 bits per heavy atom. The molecule has 94 valence electrons. The van der Waals surface area contributed by atoms with Crippen molar-refractivity contribution in [3.63, 3.8) is 0 Å². The van der Waals surface area contributed by atoms with Gasteiger partial charge in [-0.25, -0.2) is 19.7 Å². The number of hydrazone groups is 1. The molecule has 0 amide bonds. The molecular formula is C10H8ClFN4O2. The largest absolute Gasteiger partial charge is 0.478 e. The van der Waals surface area contributed by atoms with Crippen LogP contribution in [0.4, 0.5) is 10.1 Å². The number of rotatable bonds is 3. The van der Waals surface area contributed by atoms with Gasteiger partial charge in [-0.3, -0.25) is 0 Å². The summed E-state index contributed by atoms with van der Waals surface area (Å²) in [6.07, 6.45) is 3.34. The first-order valence-electron chi connectivity index (χ1n) is 4.81. The number of carboxylic acids is 1. The highest BCUT2D eigenvalue weighted by Gasteiger charge is 2.16. The molecule has 0 bridgehead atoms. The molecule has 0 aromatic heterocycles. The van der Waals surface area contributed by atoms with Crippen molar-refractivity contribution < 1.29 is 14.3 Å². The normalized spacial score (nSPS) is 14.2. The lowest BCUT2D eigenvalue weighted by Crippen LogP contribution is -2.37. The van der Waals surface area contributed by atoms with Crippen LogP contribution in [0.25, 0.3) is 6.08 Å². The second-order valence-electron chi connectivity index (χ2n) is 3.30. The van der Waals surface area contributed by atoms with Crippen LogP contribution in [-0.2, 0) is 4.79 Å². The average Bonchev–Trinajstić information content (AvgIpc) is 2.84. The Bertz CT molecular complexity index is 547. The molecule has 0 fully saturated rings. The Morgan fingerprint density at radius 1 is 1.56 bits per heavy atom. The Balaban J connectivity index is 2.48. The third kappa shape index (κ3) is 2.41. The summed E-state index contributed by atoms with van der Waals surface area (Å²) in [6, 6.07) is 2.91. The second kappa shape index (κ2) is 5.03. The third-order valence-electron chi connectivity index (χ3n) is 2.17. The number of hydrogen-bond acceptors (Lipinski definition) is 5. The molecule has 1 aliphatic heterocycles. The molecule has 2 rings (SSSR count). The topological polar surface area (TPSA) is 77.0 Å². The molecule has 0 atom stereocenters. The summed E-state index contributed by atoms with van der Waals surface area (Å²) in [5.41, 5.74) is 5.49. The fourth-order valence-electron chi connectivity index (χ4n) is 1.40. The standard InChI is InChI=1S/C10H8ClFN4O2/c11-7-2-3-8(16-5-13-14-15-16)6(10(7)12)1-4-9(17)18/h1-5,14-15H,(H,17,18)/b4-1+. The molecular weight excluding hydrogens is 263 g/mol. The third-order valence-corrected chi connectivity index (χ3v) is 2.46. The molecule has 18 heavy (non-hydrogen) atoms. The second-order valence-corrected chi connectivity index (χ2v) is 3.71. The molecule has 0 unspecified atom stereocenters. The van der Waals surface area contributed by atoms with Crippen molar-refractivity contribution >= 4 is 35.7 Å². The first-order chi connectivity index (χ1) is 8.59. The van der Waals surface area contributed by atoms with Crippen molar-refractivity contribution in [1.82, 2.24) is 11.1 Å². The van der Waals surface area contributed by atoms with Gasteiger partial charge in [-0.05, 0) is 18.2 Å². The zero-order valence-electron chi connectivity index (χ0n) is 8.89. The Labute approximate surface area is 106 Å². The molecule has 0 radical (unpaired) electrons. The number of hydrazine groups is 2. The Hall–Kier alpha value is -2.12. The van der Waals surface area contributed by atoms with Gasteiger partial charge in [0.05, 0.1) is 10.7 Å². The summed E-state index contributed by atoms with van der Waals surface area (Å²) in [5.74, 6) is -1.88. The van der Waals surface area contributed by atoms with E-state index in [1.165, 1.54) is 17.4 Å². The minimum absolute atomic E-state index is 0.0487. The van der Waals surface area contributed by atoms with Crippen LogP contribution in [0.15, 0.2) is 23.3 Å². The van der Waals surface area contributed by atoms with Crippen molar-refractivity contribution in [2.45, 2.75) is 0 Å². The van der Waals surface area contributed by atoms with Gasteiger partial charge in [0.2, 0.25) is 0 Å². The maximum atomic E-state index is 13.9. The Kier molecular flexibility index (Phi) is 3.45.